The molecule has 0 fully saturated rings. The molecule has 6 heteroatoms. The van der Waals surface area contributed by atoms with E-state index in [4.69, 9.17) is 5.11 Å². The normalized spacial score (nSPS) is 12.9. The molecule has 0 amide bonds. The van der Waals surface area contributed by atoms with E-state index in [1.54, 1.807) is 6.92 Å². The van der Waals surface area contributed by atoms with E-state index in [0.717, 1.165) is 10.8 Å². The van der Waals surface area contributed by atoms with Gasteiger partial charge in [-0.25, -0.2) is 4.98 Å². The van der Waals surface area contributed by atoms with E-state index in [-0.39, 0.29) is 5.82 Å². The lowest BCUT2D eigenvalue weighted by molar-refractivity contribution is -0.393. The molecular formula is C6H9N3O3. The molecule has 1 aromatic heterocycles. The zero-order chi connectivity index (χ0) is 9.30. The first-order valence-corrected chi connectivity index (χ1v) is 3.40. The number of hydrogen-bond donors (Lipinski definition) is 1. The van der Waals surface area contributed by atoms with Crippen LogP contribution in [0, 0.1) is 17.0 Å². The van der Waals surface area contributed by atoms with E-state index < -0.39 is 11.2 Å². The fraction of sp³-hybridized carbons (Fsp3) is 0.500. The molecule has 1 heterocycles. The van der Waals surface area contributed by atoms with Crippen molar-refractivity contribution in [3.8, 4) is 0 Å². The first-order chi connectivity index (χ1) is 5.54. The number of nitro groups is 1. The predicted octanol–water partition coefficient (Wildman–Crippen LogP) is 0.611. The van der Waals surface area contributed by atoms with Crippen molar-refractivity contribution in [2.45, 2.75) is 20.1 Å². The number of hydrogen-bond acceptors (Lipinski definition) is 4. The summed E-state index contributed by atoms with van der Waals surface area (Å²) in [6, 6.07) is 0. The molecule has 1 atom stereocenters. The second-order valence-corrected chi connectivity index (χ2v) is 2.42. The lowest BCUT2D eigenvalue weighted by Crippen LogP contribution is -2.09. The van der Waals surface area contributed by atoms with Gasteiger partial charge < -0.3 is 15.2 Å². The van der Waals surface area contributed by atoms with Gasteiger partial charge in [-0.15, -0.1) is 0 Å². The van der Waals surface area contributed by atoms with Crippen LogP contribution < -0.4 is 0 Å². The van der Waals surface area contributed by atoms with Gasteiger partial charge in [0, 0.05) is 13.8 Å². The third kappa shape index (κ3) is 1.28. The summed E-state index contributed by atoms with van der Waals surface area (Å²) in [6.07, 6.45) is 0.204. The van der Waals surface area contributed by atoms with Crippen molar-refractivity contribution >= 4 is 5.82 Å². The van der Waals surface area contributed by atoms with Gasteiger partial charge in [-0.2, -0.15) is 4.57 Å². The molecule has 0 radical (unpaired) electrons. The fourth-order valence-electron chi connectivity index (χ4n) is 1.04. The Morgan fingerprint density at radius 1 is 1.83 bits per heavy atom. The topological polar surface area (TPSA) is 81.2 Å². The van der Waals surface area contributed by atoms with Gasteiger partial charge in [-0.3, -0.25) is 0 Å². The SMILES string of the molecule is Cc1ncc([N+](=O)[O-])n1[C@@H](C)O. The van der Waals surface area contributed by atoms with Crippen molar-refractivity contribution in [1.82, 2.24) is 9.55 Å². The highest BCUT2D eigenvalue weighted by Gasteiger charge is 2.20. The summed E-state index contributed by atoms with van der Waals surface area (Å²) in [4.78, 5) is 13.5. The Kier molecular flexibility index (Phi) is 2.09. The molecule has 1 rings (SSSR count). The van der Waals surface area contributed by atoms with Crippen LogP contribution in [-0.4, -0.2) is 19.6 Å². The molecule has 0 aromatic carbocycles. The van der Waals surface area contributed by atoms with Gasteiger partial charge in [0.2, 0.25) is 0 Å². The highest BCUT2D eigenvalue weighted by atomic mass is 16.6. The Balaban J connectivity index is 3.21. The van der Waals surface area contributed by atoms with Crippen LogP contribution in [0.15, 0.2) is 6.20 Å². The standard InChI is InChI=1S/C6H9N3O3/c1-4-7-3-6(9(11)12)8(4)5(2)10/h3,5,10H,1-2H3/t5-/m1/s1. The second-order valence-electron chi connectivity index (χ2n) is 2.42. The van der Waals surface area contributed by atoms with E-state index >= 15 is 0 Å². The van der Waals surface area contributed by atoms with Crippen LogP contribution in [0.25, 0.3) is 0 Å². The minimum Gasteiger partial charge on any atom is -0.358 e. The summed E-state index contributed by atoms with van der Waals surface area (Å²) in [7, 11) is 0. The number of aliphatic hydroxyl groups is 1. The van der Waals surface area contributed by atoms with Crippen molar-refractivity contribution in [2.75, 3.05) is 0 Å². The monoisotopic (exact) mass is 171 g/mol. The Bertz CT molecular complexity index is 305. The summed E-state index contributed by atoms with van der Waals surface area (Å²) in [6.45, 7) is 3.04. The largest absolute Gasteiger partial charge is 0.358 e. The third-order valence-corrected chi connectivity index (χ3v) is 1.52. The average Bonchev–Trinajstić information content (AvgIpc) is 2.30. The number of aliphatic hydroxyl groups excluding tert-OH is 1. The highest BCUT2D eigenvalue weighted by molar-refractivity contribution is 5.19. The maximum absolute atomic E-state index is 10.4. The van der Waals surface area contributed by atoms with Crippen molar-refractivity contribution in [1.29, 1.82) is 0 Å². The van der Waals surface area contributed by atoms with Gasteiger partial charge in [-0.05, 0) is 4.92 Å². The first kappa shape index (κ1) is 8.66. The molecule has 0 saturated carbocycles. The number of rotatable bonds is 2. The number of aromatic nitrogens is 2. The molecule has 0 unspecified atom stereocenters. The molecule has 0 bridgehead atoms. The van der Waals surface area contributed by atoms with Crippen molar-refractivity contribution in [2.24, 2.45) is 0 Å². The highest BCUT2D eigenvalue weighted by Crippen LogP contribution is 2.17. The van der Waals surface area contributed by atoms with Gasteiger partial charge in [0.25, 0.3) is 0 Å². The summed E-state index contributed by atoms with van der Waals surface area (Å²) in [5, 5.41) is 19.5. The van der Waals surface area contributed by atoms with E-state index in [9.17, 15) is 10.1 Å². The summed E-state index contributed by atoms with van der Waals surface area (Å²) < 4.78 is 1.15. The van der Waals surface area contributed by atoms with Crippen molar-refractivity contribution < 1.29 is 10.0 Å². The Morgan fingerprint density at radius 2 is 2.42 bits per heavy atom. The second kappa shape index (κ2) is 2.90. The van der Waals surface area contributed by atoms with Crippen LogP contribution in [0.2, 0.25) is 0 Å². The van der Waals surface area contributed by atoms with E-state index in [1.165, 1.54) is 6.92 Å². The first-order valence-electron chi connectivity index (χ1n) is 3.40. The molecule has 0 aliphatic carbocycles. The van der Waals surface area contributed by atoms with E-state index in [0.29, 0.717) is 5.82 Å². The molecule has 66 valence electrons. The Hall–Kier alpha value is -1.43. The van der Waals surface area contributed by atoms with Gasteiger partial charge in [0.1, 0.15) is 6.20 Å². The maximum Gasteiger partial charge on any atom is 0.344 e. The van der Waals surface area contributed by atoms with Gasteiger partial charge in [0.05, 0.1) is 0 Å². The van der Waals surface area contributed by atoms with Crippen LogP contribution in [-0.2, 0) is 0 Å². The summed E-state index contributed by atoms with van der Waals surface area (Å²) in [5.74, 6) is 0.235. The number of imidazole rings is 1. The minimum absolute atomic E-state index is 0.192. The molecule has 1 aromatic rings. The number of aryl methyl sites for hydroxylation is 1. The van der Waals surface area contributed by atoms with Gasteiger partial charge in [-0.1, -0.05) is 0 Å². The van der Waals surface area contributed by atoms with Crippen LogP contribution >= 0.6 is 0 Å². The summed E-state index contributed by atoms with van der Waals surface area (Å²) >= 11 is 0. The zero-order valence-electron chi connectivity index (χ0n) is 6.76. The van der Waals surface area contributed by atoms with E-state index in [1.807, 2.05) is 0 Å². The lowest BCUT2D eigenvalue weighted by atomic mass is 10.5. The lowest BCUT2D eigenvalue weighted by Gasteiger charge is -2.03. The predicted molar refractivity (Wildman–Crippen MR) is 40.5 cm³/mol. The maximum atomic E-state index is 10.4. The molecule has 1 N–H and O–H groups in total. The smallest absolute Gasteiger partial charge is 0.344 e. The van der Waals surface area contributed by atoms with Crippen LogP contribution in [0.4, 0.5) is 5.82 Å². The van der Waals surface area contributed by atoms with Gasteiger partial charge in [0.15, 0.2) is 12.1 Å². The van der Waals surface area contributed by atoms with E-state index in [2.05, 4.69) is 4.98 Å². The quantitative estimate of drug-likeness (QED) is 0.522. The van der Waals surface area contributed by atoms with Crippen LogP contribution in [0.1, 0.15) is 19.0 Å². The zero-order valence-corrected chi connectivity index (χ0v) is 6.76. The molecule has 0 saturated heterocycles. The average molecular weight is 171 g/mol. The Labute approximate surface area is 68.6 Å². The van der Waals surface area contributed by atoms with Crippen LogP contribution in [0.3, 0.4) is 0 Å². The molecule has 0 aliphatic heterocycles. The minimum atomic E-state index is -0.923. The third-order valence-electron chi connectivity index (χ3n) is 1.52. The van der Waals surface area contributed by atoms with Crippen LogP contribution in [0.5, 0.6) is 0 Å². The molecule has 12 heavy (non-hydrogen) atoms. The molecule has 0 aliphatic rings. The molecule has 0 spiro atoms. The summed E-state index contributed by atoms with van der Waals surface area (Å²) in [5.41, 5.74) is 0. The van der Waals surface area contributed by atoms with Crippen molar-refractivity contribution in [3.63, 3.8) is 0 Å². The Morgan fingerprint density at radius 3 is 2.75 bits per heavy atom. The molecular weight excluding hydrogens is 162 g/mol. The van der Waals surface area contributed by atoms with Crippen molar-refractivity contribution in [3.05, 3.63) is 22.1 Å². The molecule has 6 nitrogen and oxygen atoms in total. The fourth-order valence-corrected chi connectivity index (χ4v) is 1.04. The number of nitrogens with zero attached hydrogens (tertiary/aromatic N) is 3. The van der Waals surface area contributed by atoms with Gasteiger partial charge >= 0.3 is 5.82 Å².